The molecule has 0 saturated carbocycles. The molecule has 1 aliphatic heterocycles. The second-order valence-corrected chi connectivity index (χ2v) is 4.41. The van der Waals surface area contributed by atoms with Gasteiger partial charge in [-0.25, -0.2) is 4.79 Å². The number of hydrogen-bond acceptors (Lipinski definition) is 4. The van der Waals surface area contributed by atoms with Crippen molar-refractivity contribution >= 4 is 6.16 Å². The second-order valence-electron chi connectivity index (χ2n) is 4.41. The Labute approximate surface area is 107 Å². The van der Waals surface area contributed by atoms with Crippen molar-refractivity contribution in [1.29, 1.82) is 0 Å². The fourth-order valence-electron chi connectivity index (χ4n) is 1.92. The summed E-state index contributed by atoms with van der Waals surface area (Å²) < 4.78 is 15.5. The fourth-order valence-corrected chi connectivity index (χ4v) is 1.92. The van der Waals surface area contributed by atoms with Gasteiger partial charge in [-0.05, 0) is 25.3 Å². The van der Waals surface area contributed by atoms with E-state index in [0.29, 0.717) is 13.2 Å². The van der Waals surface area contributed by atoms with E-state index in [2.05, 4.69) is 0 Å². The summed E-state index contributed by atoms with van der Waals surface area (Å²) in [5, 5.41) is 0. The van der Waals surface area contributed by atoms with E-state index in [4.69, 9.17) is 14.2 Å². The van der Waals surface area contributed by atoms with E-state index < -0.39 is 6.16 Å². The lowest BCUT2D eigenvalue weighted by Crippen LogP contribution is -2.19. The molecule has 0 N–H and O–H groups in total. The summed E-state index contributed by atoms with van der Waals surface area (Å²) >= 11 is 0. The van der Waals surface area contributed by atoms with Crippen molar-refractivity contribution in [2.24, 2.45) is 0 Å². The second kappa shape index (κ2) is 6.40. The van der Waals surface area contributed by atoms with E-state index >= 15 is 0 Å². The van der Waals surface area contributed by atoms with Gasteiger partial charge in [0.25, 0.3) is 0 Å². The standard InChI is InChI=1S/C14H18O4/c1-11-13(18-14(15)17-11)8-5-9-16-10-12-6-3-2-4-7-12/h2-4,6-7,11,13H,5,8-10H2,1H3/t11-,13+/m1/s1. The van der Waals surface area contributed by atoms with Crippen LogP contribution in [0, 0.1) is 0 Å². The van der Waals surface area contributed by atoms with Gasteiger partial charge in [-0.2, -0.15) is 0 Å². The van der Waals surface area contributed by atoms with Gasteiger partial charge >= 0.3 is 6.16 Å². The predicted octanol–water partition coefficient (Wildman–Crippen LogP) is 2.91. The van der Waals surface area contributed by atoms with Crippen LogP contribution >= 0.6 is 0 Å². The molecule has 1 aromatic carbocycles. The quantitative estimate of drug-likeness (QED) is 0.575. The summed E-state index contributed by atoms with van der Waals surface area (Å²) in [6.45, 7) is 3.13. The van der Waals surface area contributed by atoms with Crippen LogP contribution in [0.25, 0.3) is 0 Å². The SMILES string of the molecule is C[C@H]1OC(=O)O[C@H]1CCCOCc1ccccc1. The number of carbonyl (C=O) groups is 1. The number of hydrogen-bond donors (Lipinski definition) is 0. The van der Waals surface area contributed by atoms with E-state index in [9.17, 15) is 4.79 Å². The Morgan fingerprint density at radius 3 is 2.67 bits per heavy atom. The van der Waals surface area contributed by atoms with Crippen LogP contribution in [0.5, 0.6) is 0 Å². The molecule has 1 fully saturated rings. The van der Waals surface area contributed by atoms with E-state index in [1.54, 1.807) is 0 Å². The van der Waals surface area contributed by atoms with Gasteiger partial charge in [-0.15, -0.1) is 0 Å². The van der Waals surface area contributed by atoms with Crippen LogP contribution in [-0.4, -0.2) is 25.0 Å². The van der Waals surface area contributed by atoms with Crippen molar-refractivity contribution in [2.75, 3.05) is 6.61 Å². The Morgan fingerprint density at radius 2 is 2.00 bits per heavy atom. The average Bonchev–Trinajstić information content (AvgIpc) is 2.69. The Bertz CT molecular complexity index is 377. The van der Waals surface area contributed by atoms with E-state index in [0.717, 1.165) is 12.8 Å². The molecule has 0 aromatic heterocycles. The zero-order chi connectivity index (χ0) is 12.8. The Balaban J connectivity index is 1.58. The molecule has 0 aliphatic carbocycles. The largest absolute Gasteiger partial charge is 0.509 e. The van der Waals surface area contributed by atoms with Crippen molar-refractivity contribution in [3.05, 3.63) is 35.9 Å². The summed E-state index contributed by atoms with van der Waals surface area (Å²) in [6.07, 6.45) is 0.808. The highest BCUT2D eigenvalue weighted by Crippen LogP contribution is 2.18. The lowest BCUT2D eigenvalue weighted by Gasteiger charge is -2.10. The molecule has 0 radical (unpaired) electrons. The molecule has 4 heteroatoms. The molecular weight excluding hydrogens is 232 g/mol. The molecule has 0 unspecified atom stereocenters. The molecule has 18 heavy (non-hydrogen) atoms. The molecule has 0 bridgehead atoms. The van der Waals surface area contributed by atoms with Crippen molar-refractivity contribution in [3.8, 4) is 0 Å². The summed E-state index contributed by atoms with van der Waals surface area (Å²) in [7, 11) is 0. The first-order valence-electron chi connectivity index (χ1n) is 6.24. The minimum Gasteiger partial charge on any atom is -0.427 e. The Morgan fingerprint density at radius 1 is 1.22 bits per heavy atom. The zero-order valence-corrected chi connectivity index (χ0v) is 10.5. The molecule has 2 rings (SSSR count). The molecule has 0 spiro atoms. The Kier molecular flexibility index (Phi) is 4.59. The first kappa shape index (κ1) is 12.9. The van der Waals surface area contributed by atoms with Gasteiger partial charge in [0.05, 0.1) is 6.61 Å². The minimum absolute atomic E-state index is 0.127. The summed E-state index contributed by atoms with van der Waals surface area (Å²) in [5.41, 5.74) is 1.17. The third-order valence-electron chi connectivity index (χ3n) is 2.94. The highest BCUT2D eigenvalue weighted by Gasteiger charge is 2.32. The average molecular weight is 250 g/mol. The van der Waals surface area contributed by atoms with E-state index in [-0.39, 0.29) is 12.2 Å². The zero-order valence-electron chi connectivity index (χ0n) is 10.5. The summed E-state index contributed by atoms with van der Waals surface area (Å²) in [5.74, 6) is 0. The minimum atomic E-state index is -0.558. The topological polar surface area (TPSA) is 44.8 Å². The van der Waals surface area contributed by atoms with Crippen LogP contribution < -0.4 is 0 Å². The number of carbonyl (C=O) groups excluding carboxylic acids is 1. The van der Waals surface area contributed by atoms with Gasteiger partial charge in [-0.3, -0.25) is 0 Å². The summed E-state index contributed by atoms with van der Waals surface area (Å²) in [6, 6.07) is 10.0. The van der Waals surface area contributed by atoms with Crippen LogP contribution in [0.2, 0.25) is 0 Å². The molecule has 1 aliphatic rings. The van der Waals surface area contributed by atoms with E-state index in [1.165, 1.54) is 5.56 Å². The molecule has 0 amide bonds. The molecule has 2 atom stereocenters. The lowest BCUT2D eigenvalue weighted by atomic mass is 10.1. The number of benzene rings is 1. The van der Waals surface area contributed by atoms with Crippen LogP contribution in [0.1, 0.15) is 25.3 Å². The first-order chi connectivity index (χ1) is 8.75. The van der Waals surface area contributed by atoms with Gasteiger partial charge in [0.1, 0.15) is 12.2 Å². The smallest absolute Gasteiger partial charge is 0.427 e. The number of ether oxygens (including phenoxy) is 3. The van der Waals surface area contributed by atoms with Gasteiger partial charge in [0.15, 0.2) is 0 Å². The molecular formula is C14H18O4. The van der Waals surface area contributed by atoms with Gasteiger partial charge in [0.2, 0.25) is 0 Å². The Hall–Kier alpha value is -1.55. The monoisotopic (exact) mass is 250 g/mol. The molecule has 4 nitrogen and oxygen atoms in total. The molecule has 1 aromatic rings. The van der Waals surface area contributed by atoms with Crippen molar-refractivity contribution in [1.82, 2.24) is 0 Å². The molecule has 1 saturated heterocycles. The summed E-state index contributed by atoms with van der Waals surface area (Å²) in [4.78, 5) is 10.9. The molecule has 98 valence electrons. The van der Waals surface area contributed by atoms with Gasteiger partial charge in [-0.1, -0.05) is 30.3 Å². The maximum atomic E-state index is 10.9. The number of cyclic esters (lactones) is 2. The highest BCUT2D eigenvalue weighted by atomic mass is 16.8. The first-order valence-corrected chi connectivity index (χ1v) is 6.24. The van der Waals surface area contributed by atoms with Crippen molar-refractivity contribution < 1.29 is 19.0 Å². The van der Waals surface area contributed by atoms with E-state index in [1.807, 2.05) is 37.3 Å². The van der Waals surface area contributed by atoms with Crippen LogP contribution in [0.4, 0.5) is 4.79 Å². The highest BCUT2D eigenvalue weighted by molar-refractivity contribution is 5.62. The predicted molar refractivity (Wildman–Crippen MR) is 66.1 cm³/mol. The fraction of sp³-hybridized carbons (Fsp3) is 0.500. The maximum absolute atomic E-state index is 10.9. The van der Waals surface area contributed by atoms with Crippen molar-refractivity contribution in [3.63, 3.8) is 0 Å². The third-order valence-corrected chi connectivity index (χ3v) is 2.94. The van der Waals surface area contributed by atoms with Crippen LogP contribution in [-0.2, 0) is 20.8 Å². The van der Waals surface area contributed by atoms with Gasteiger partial charge in [0, 0.05) is 6.61 Å². The van der Waals surface area contributed by atoms with Gasteiger partial charge < -0.3 is 14.2 Å². The normalized spacial score (nSPS) is 22.6. The lowest BCUT2D eigenvalue weighted by molar-refractivity contribution is 0.0925. The maximum Gasteiger partial charge on any atom is 0.509 e. The van der Waals surface area contributed by atoms with Crippen molar-refractivity contribution in [2.45, 2.75) is 38.6 Å². The number of rotatable bonds is 6. The third kappa shape index (κ3) is 3.74. The van der Waals surface area contributed by atoms with Crippen LogP contribution in [0.3, 0.4) is 0 Å². The molecule has 1 heterocycles. The van der Waals surface area contributed by atoms with Crippen LogP contribution in [0.15, 0.2) is 30.3 Å².